The predicted octanol–water partition coefficient (Wildman–Crippen LogP) is 23.6. The van der Waals surface area contributed by atoms with Crippen LogP contribution >= 0.6 is 7.82 Å². The van der Waals surface area contributed by atoms with Crippen LogP contribution in [-0.2, 0) is 32.7 Å². The van der Waals surface area contributed by atoms with Gasteiger partial charge in [-0.1, -0.05) is 297 Å². The van der Waals surface area contributed by atoms with Crippen LogP contribution in [0.4, 0.5) is 0 Å². The summed E-state index contributed by atoms with van der Waals surface area (Å²) in [6.07, 6.45) is 114. The zero-order chi connectivity index (χ0) is 65.8. The molecule has 91 heavy (non-hydrogen) atoms. The summed E-state index contributed by atoms with van der Waals surface area (Å²) in [4.78, 5) is 35.4. The van der Waals surface area contributed by atoms with Crippen molar-refractivity contribution in [3.63, 3.8) is 0 Å². The number of hydrogen-bond acceptors (Lipinski definition) is 8. The Morgan fingerprint density at radius 1 is 0.330 bits per heavy atom. The average molecular weight is 1270 g/mol. The lowest BCUT2D eigenvalue weighted by molar-refractivity contribution is -0.161. The lowest BCUT2D eigenvalue weighted by atomic mass is 10.0. The third kappa shape index (κ3) is 73.3. The molecule has 0 aromatic carbocycles. The molecule has 0 aromatic rings. The Labute approximate surface area is 556 Å². The van der Waals surface area contributed by atoms with Gasteiger partial charge in [0.15, 0.2) is 6.10 Å². The standard InChI is InChI=1S/C81H126NO8P/c1-3-5-7-9-11-13-15-17-19-21-23-25-27-29-31-33-35-37-38-39-40-42-44-46-48-50-52-54-56-58-60-62-64-66-68-70-72-74-81(84)90-79(78-89-91(85,86)88-76-75-82)77-87-80(83)73-71-69-67-65-63-61-59-57-55-53-51-49-47-45-43-41-36-34-32-30-28-26-24-22-20-18-16-14-12-10-8-6-4-2/h5-8,11-14,17-20,23-26,29-32,35-37,39-41,44-47,50,52,56,58,62,64,79H,3-4,9-10,15-16,21-22,27-28,33-34,38,42-43,48-49,51,53-55,57,59-61,63,65-78,82H2,1-2H3,(H,85,86)/b7-5-,8-6-,13-11-,14-12-,19-17-,20-18-,25-23-,26-24-,31-29-,32-30-,37-35-,40-39-,41-36-,46-44-,47-45-,52-50-,58-56-,64-62-. The Morgan fingerprint density at radius 2 is 0.571 bits per heavy atom. The Morgan fingerprint density at radius 3 is 0.857 bits per heavy atom. The number of hydrogen-bond donors (Lipinski definition) is 2. The predicted molar refractivity (Wildman–Crippen MR) is 394 cm³/mol. The van der Waals surface area contributed by atoms with Crippen LogP contribution in [-0.4, -0.2) is 49.3 Å². The average Bonchev–Trinajstić information content (AvgIpc) is 3.74. The topological polar surface area (TPSA) is 134 Å². The van der Waals surface area contributed by atoms with E-state index in [1.807, 2.05) is 0 Å². The van der Waals surface area contributed by atoms with E-state index in [0.29, 0.717) is 12.8 Å². The molecule has 0 saturated heterocycles. The molecule has 2 atom stereocenters. The molecule has 0 aliphatic carbocycles. The summed E-state index contributed by atoms with van der Waals surface area (Å²) in [7, 11) is -4.42. The monoisotopic (exact) mass is 1270 g/mol. The number of phosphoric ester groups is 1. The molecule has 0 spiro atoms. The highest BCUT2D eigenvalue weighted by Crippen LogP contribution is 2.43. The van der Waals surface area contributed by atoms with E-state index >= 15 is 0 Å². The molecule has 508 valence electrons. The van der Waals surface area contributed by atoms with E-state index in [2.05, 4.69) is 233 Å². The van der Waals surface area contributed by atoms with Crippen molar-refractivity contribution in [1.82, 2.24) is 0 Å². The number of rotatable bonds is 63. The van der Waals surface area contributed by atoms with Gasteiger partial charge in [0.1, 0.15) is 6.61 Å². The van der Waals surface area contributed by atoms with Crippen molar-refractivity contribution in [2.75, 3.05) is 26.4 Å². The van der Waals surface area contributed by atoms with Crippen LogP contribution in [0.2, 0.25) is 0 Å². The van der Waals surface area contributed by atoms with E-state index in [0.717, 1.165) is 161 Å². The molecule has 0 amide bonds. The number of phosphoric acid groups is 1. The lowest BCUT2D eigenvalue weighted by Gasteiger charge is -2.19. The maximum absolute atomic E-state index is 12.8. The first-order valence-corrected chi connectivity index (χ1v) is 36.7. The normalized spacial score (nSPS) is 14.3. The molecule has 9 nitrogen and oxygen atoms in total. The zero-order valence-electron chi connectivity index (χ0n) is 57.0. The molecule has 0 saturated carbocycles. The molecule has 0 heterocycles. The van der Waals surface area contributed by atoms with Gasteiger partial charge >= 0.3 is 19.8 Å². The van der Waals surface area contributed by atoms with Gasteiger partial charge in [0.25, 0.3) is 0 Å². The van der Waals surface area contributed by atoms with Crippen molar-refractivity contribution in [1.29, 1.82) is 0 Å². The van der Waals surface area contributed by atoms with Gasteiger partial charge in [-0.05, 0) is 154 Å². The zero-order valence-corrected chi connectivity index (χ0v) is 57.9. The van der Waals surface area contributed by atoms with Gasteiger partial charge in [-0.25, -0.2) is 4.57 Å². The van der Waals surface area contributed by atoms with E-state index in [1.165, 1.54) is 44.9 Å². The van der Waals surface area contributed by atoms with Crippen LogP contribution in [0.5, 0.6) is 0 Å². The summed E-state index contributed by atoms with van der Waals surface area (Å²) in [5.41, 5.74) is 5.40. The Bertz CT molecular complexity index is 2290. The van der Waals surface area contributed by atoms with Gasteiger partial charge in [0, 0.05) is 19.4 Å². The van der Waals surface area contributed by atoms with Crippen LogP contribution in [0.3, 0.4) is 0 Å². The van der Waals surface area contributed by atoms with Crippen LogP contribution in [0, 0.1) is 0 Å². The lowest BCUT2D eigenvalue weighted by Crippen LogP contribution is -2.29. The van der Waals surface area contributed by atoms with Gasteiger partial charge < -0.3 is 20.1 Å². The van der Waals surface area contributed by atoms with E-state index < -0.39 is 32.5 Å². The largest absolute Gasteiger partial charge is 0.472 e. The minimum atomic E-state index is -4.42. The van der Waals surface area contributed by atoms with Gasteiger partial charge in [0.2, 0.25) is 0 Å². The maximum Gasteiger partial charge on any atom is 0.472 e. The minimum Gasteiger partial charge on any atom is -0.462 e. The number of carbonyl (C=O) groups excluding carboxylic acids is 2. The van der Waals surface area contributed by atoms with Gasteiger partial charge in [-0.15, -0.1) is 0 Å². The maximum atomic E-state index is 12.8. The molecule has 2 unspecified atom stereocenters. The highest BCUT2D eigenvalue weighted by atomic mass is 31.2. The number of esters is 2. The summed E-state index contributed by atoms with van der Waals surface area (Å²) < 4.78 is 33.1. The molecule has 3 N–H and O–H groups in total. The van der Waals surface area contributed by atoms with Crippen molar-refractivity contribution in [2.24, 2.45) is 5.73 Å². The summed E-state index contributed by atoms with van der Waals surface area (Å²) in [5.74, 6) is -0.886. The molecule has 0 bridgehead atoms. The first kappa shape index (κ1) is 85.3. The van der Waals surface area contributed by atoms with Gasteiger partial charge in [0.05, 0.1) is 13.2 Å². The van der Waals surface area contributed by atoms with E-state index in [1.54, 1.807) is 0 Å². The highest BCUT2D eigenvalue weighted by Gasteiger charge is 2.26. The molecule has 10 heteroatoms. The second-order valence-electron chi connectivity index (χ2n) is 22.3. The molecular formula is C81H126NO8P. The molecular weight excluding hydrogens is 1150 g/mol. The smallest absolute Gasteiger partial charge is 0.462 e. The van der Waals surface area contributed by atoms with Crippen molar-refractivity contribution < 1.29 is 37.6 Å². The molecule has 0 aliphatic heterocycles. The summed E-state index contributed by atoms with van der Waals surface area (Å²) in [6, 6.07) is 0. The molecule has 0 rings (SSSR count). The van der Waals surface area contributed by atoms with E-state index in [9.17, 15) is 19.0 Å². The number of ether oxygens (including phenoxy) is 2. The van der Waals surface area contributed by atoms with Crippen molar-refractivity contribution in [2.45, 2.75) is 251 Å². The quantitative estimate of drug-likeness (QED) is 0.0264. The second-order valence-corrected chi connectivity index (χ2v) is 23.7. The summed E-state index contributed by atoms with van der Waals surface area (Å²) in [6.45, 7) is 3.45. The first-order valence-electron chi connectivity index (χ1n) is 35.2. The molecule has 0 radical (unpaired) electrons. The van der Waals surface area contributed by atoms with E-state index in [-0.39, 0.29) is 32.6 Å². The third-order valence-electron chi connectivity index (χ3n) is 13.9. The number of unbranched alkanes of at least 4 members (excludes halogenated alkanes) is 14. The van der Waals surface area contributed by atoms with Gasteiger partial charge in [-0.2, -0.15) is 0 Å². The Kier molecular flexibility index (Phi) is 68.8. The van der Waals surface area contributed by atoms with E-state index in [4.69, 9.17) is 24.3 Å². The fourth-order valence-corrected chi connectivity index (χ4v) is 9.50. The molecule has 0 aromatic heterocycles. The van der Waals surface area contributed by atoms with Crippen LogP contribution in [0.15, 0.2) is 219 Å². The SMILES string of the molecule is CC/C=C\C/C=C\C/C=C\C/C=C\C/C=C\C/C=C\C/C=C\C/C=C\C/C=C\C/C=C\C/C=C\CCCCCC(=O)OC(COC(=O)CCCCCCCCCCCCC/C=C\C/C=C\C/C=C\C/C=C\C/C=C\C/C=C\C/C=C\CC)COP(=O)(O)OCCN. The second kappa shape index (κ2) is 73.4. The minimum absolute atomic E-state index is 0.0354. The fraction of sp³-hybridized carbons (Fsp3) is 0.531. The fourth-order valence-electron chi connectivity index (χ4n) is 8.74. The number of allylic oxidation sites excluding steroid dienone is 36. The number of carbonyl (C=O) groups is 2. The van der Waals surface area contributed by atoms with Crippen molar-refractivity contribution in [3.8, 4) is 0 Å². The van der Waals surface area contributed by atoms with Crippen LogP contribution in [0.1, 0.15) is 245 Å². The molecule has 0 fully saturated rings. The van der Waals surface area contributed by atoms with Gasteiger partial charge in [-0.3, -0.25) is 18.6 Å². The summed E-state index contributed by atoms with van der Waals surface area (Å²) in [5, 5.41) is 0. The van der Waals surface area contributed by atoms with Crippen molar-refractivity contribution in [3.05, 3.63) is 219 Å². The third-order valence-corrected chi connectivity index (χ3v) is 14.8. The first-order chi connectivity index (χ1) is 44.8. The van der Waals surface area contributed by atoms with Crippen LogP contribution in [0.25, 0.3) is 0 Å². The summed E-state index contributed by atoms with van der Waals surface area (Å²) >= 11 is 0. The van der Waals surface area contributed by atoms with Crippen molar-refractivity contribution >= 4 is 19.8 Å². The van der Waals surface area contributed by atoms with Crippen LogP contribution < -0.4 is 5.73 Å². The molecule has 0 aliphatic rings. The Hall–Kier alpha value is -5.67. The highest BCUT2D eigenvalue weighted by molar-refractivity contribution is 7.47. The Balaban J connectivity index is 4.06. The number of nitrogens with two attached hydrogens (primary N) is 1.